The summed E-state index contributed by atoms with van der Waals surface area (Å²) in [5, 5.41) is 10.1. The van der Waals surface area contributed by atoms with Gasteiger partial charge in [-0.05, 0) is 35.4 Å². The molecule has 2 aromatic rings. The van der Waals surface area contributed by atoms with Gasteiger partial charge >= 0.3 is 0 Å². The van der Waals surface area contributed by atoms with Gasteiger partial charge in [0.2, 0.25) is 0 Å². The van der Waals surface area contributed by atoms with E-state index < -0.39 is 12.0 Å². The van der Waals surface area contributed by atoms with Crippen molar-refractivity contribution in [2.75, 3.05) is 13.7 Å². The summed E-state index contributed by atoms with van der Waals surface area (Å²) in [4.78, 5) is 12.0. The quantitative estimate of drug-likeness (QED) is 0.452. The number of hydrogen-bond acceptors (Lipinski definition) is 5. The third-order valence-electron chi connectivity index (χ3n) is 3.48. The molecule has 26 heavy (non-hydrogen) atoms. The Balaban J connectivity index is 1.89. The fraction of sp³-hybridized carbons (Fsp3) is 0.211. The first-order valence-electron chi connectivity index (χ1n) is 7.74. The molecule has 0 bridgehead atoms. The van der Waals surface area contributed by atoms with Crippen LogP contribution in [-0.2, 0) is 11.3 Å². The first-order valence-corrected chi connectivity index (χ1v) is 8.54. The van der Waals surface area contributed by atoms with Crippen molar-refractivity contribution in [1.82, 2.24) is 10.9 Å². The second kappa shape index (κ2) is 9.82. The first kappa shape index (κ1) is 19.8. The van der Waals surface area contributed by atoms with Gasteiger partial charge in [-0.25, -0.2) is 5.43 Å². The smallest absolute Gasteiger partial charge is 0.267 e. The monoisotopic (exact) mass is 418 g/mol. The van der Waals surface area contributed by atoms with Crippen molar-refractivity contribution in [2.24, 2.45) is 0 Å². The number of terminal acetylenes is 1. The molecule has 0 spiro atoms. The highest BCUT2D eigenvalue weighted by molar-refractivity contribution is 9.10. The van der Waals surface area contributed by atoms with Crippen LogP contribution in [0.5, 0.6) is 11.5 Å². The zero-order valence-corrected chi connectivity index (χ0v) is 15.7. The molecule has 0 aromatic heterocycles. The maximum absolute atomic E-state index is 12.0. The summed E-state index contributed by atoms with van der Waals surface area (Å²) >= 11 is 3.31. The molecule has 3 N–H and O–H groups in total. The topological polar surface area (TPSA) is 79.8 Å². The van der Waals surface area contributed by atoms with Gasteiger partial charge in [0.05, 0.1) is 7.11 Å². The Kier molecular flexibility index (Phi) is 7.48. The molecule has 6 nitrogen and oxygen atoms in total. The van der Waals surface area contributed by atoms with E-state index in [4.69, 9.17) is 15.9 Å². The highest BCUT2D eigenvalue weighted by Crippen LogP contribution is 2.27. The molecule has 0 aliphatic carbocycles. The van der Waals surface area contributed by atoms with Crippen LogP contribution in [0.25, 0.3) is 0 Å². The van der Waals surface area contributed by atoms with Gasteiger partial charge in [-0.1, -0.05) is 40.0 Å². The molecule has 0 heterocycles. The maximum atomic E-state index is 12.0. The van der Waals surface area contributed by atoms with E-state index in [-0.39, 0.29) is 6.61 Å². The lowest BCUT2D eigenvalue weighted by Gasteiger charge is -2.14. The lowest BCUT2D eigenvalue weighted by molar-refractivity contribution is -0.130. The van der Waals surface area contributed by atoms with Crippen molar-refractivity contribution in [3.05, 3.63) is 58.1 Å². The lowest BCUT2D eigenvalue weighted by Crippen LogP contribution is -2.39. The Morgan fingerprint density at radius 3 is 2.65 bits per heavy atom. The second-order valence-corrected chi connectivity index (χ2v) is 6.19. The SMILES string of the molecule is C#CCOc1ccc(CNNC(=O)C(O)c2ccc(Br)cc2)cc1OC. The number of nitrogens with one attached hydrogen (secondary N) is 2. The van der Waals surface area contributed by atoms with Crippen molar-refractivity contribution >= 4 is 21.8 Å². The van der Waals surface area contributed by atoms with Crippen LogP contribution in [0.15, 0.2) is 46.9 Å². The second-order valence-electron chi connectivity index (χ2n) is 5.27. The van der Waals surface area contributed by atoms with Gasteiger partial charge in [0, 0.05) is 11.0 Å². The number of amides is 1. The summed E-state index contributed by atoms with van der Waals surface area (Å²) in [7, 11) is 1.53. The number of rotatable bonds is 8. The number of carbonyl (C=O) groups excluding carboxylic acids is 1. The minimum Gasteiger partial charge on any atom is -0.493 e. The van der Waals surface area contributed by atoms with Crippen molar-refractivity contribution in [1.29, 1.82) is 0 Å². The van der Waals surface area contributed by atoms with E-state index in [2.05, 4.69) is 32.7 Å². The molecule has 1 unspecified atom stereocenters. The zero-order valence-electron chi connectivity index (χ0n) is 14.2. The summed E-state index contributed by atoms with van der Waals surface area (Å²) in [5.74, 6) is 2.93. The number of aliphatic hydroxyl groups excluding tert-OH is 1. The molecule has 0 fully saturated rings. The molecule has 2 rings (SSSR count). The third kappa shape index (κ3) is 5.49. The van der Waals surface area contributed by atoms with Crippen LogP contribution >= 0.6 is 15.9 Å². The highest BCUT2D eigenvalue weighted by Gasteiger charge is 2.16. The number of benzene rings is 2. The molecule has 0 aliphatic rings. The Morgan fingerprint density at radius 2 is 2.00 bits per heavy atom. The Morgan fingerprint density at radius 1 is 1.27 bits per heavy atom. The summed E-state index contributed by atoms with van der Waals surface area (Å²) in [6, 6.07) is 12.2. The Bertz CT molecular complexity index is 787. The number of aliphatic hydroxyl groups is 1. The molecule has 0 saturated carbocycles. The number of halogens is 1. The molecule has 1 atom stereocenters. The zero-order chi connectivity index (χ0) is 18.9. The van der Waals surface area contributed by atoms with Gasteiger partial charge in [-0.2, -0.15) is 0 Å². The van der Waals surface area contributed by atoms with Crippen LogP contribution < -0.4 is 20.3 Å². The van der Waals surface area contributed by atoms with Crippen LogP contribution in [0.1, 0.15) is 17.2 Å². The predicted molar refractivity (Wildman–Crippen MR) is 101 cm³/mol. The van der Waals surface area contributed by atoms with Crippen molar-refractivity contribution in [3.63, 3.8) is 0 Å². The van der Waals surface area contributed by atoms with E-state index in [9.17, 15) is 9.90 Å². The van der Waals surface area contributed by atoms with E-state index in [0.717, 1.165) is 10.0 Å². The van der Waals surface area contributed by atoms with Crippen molar-refractivity contribution in [3.8, 4) is 23.8 Å². The van der Waals surface area contributed by atoms with Gasteiger partial charge in [0.15, 0.2) is 17.6 Å². The van der Waals surface area contributed by atoms with Crippen molar-refractivity contribution in [2.45, 2.75) is 12.6 Å². The fourth-order valence-corrected chi connectivity index (χ4v) is 2.42. The molecular weight excluding hydrogens is 400 g/mol. The normalized spacial score (nSPS) is 11.3. The largest absolute Gasteiger partial charge is 0.493 e. The molecule has 1 amide bonds. The van der Waals surface area contributed by atoms with Crippen molar-refractivity contribution < 1.29 is 19.4 Å². The molecule has 7 heteroatoms. The van der Waals surface area contributed by atoms with E-state index in [1.165, 1.54) is 7.11 Å². The van der Waals surface area contributed by atoms with Crippen LogP contribution in [0, 0.1) is 12.3 Å². The number of ether oxygens (including phenoxy) is 2. The number of carbonyl (C=O) groups is 1. The van der Waals surface area contributed by atoms with Crippen LogP contribution in [0.4, 0.5) is 0 Å². The highest BCUT2D eigenvalue weighted by atomic mass is 79.9. The van der Waals surface area contributed by atoms with E-state index in [0.29, 0.717) is 23.6 Å². The van der Waals surface area contributed by atoms with Gasteiger partial charge in [-0.15, -0.1) is 6.42 Å². The van der Waals surface area contributed by atoms with Gasteiger partial charge in [-0.3, -0.25) is 10.2 Å². The van der Waals surface area contributed by atoms with E-state index >= 15 is 0 Å². The van der Waals surface area contributed by atoms with E-state index in [1.807, 2.05) is 6.07 Å². The summed E-state index contributed by atoms with van der Waals surface area (Å²) in [6.45, 7) is 0.489. The minimum atomic E-state index is -1.26. The number of hydrogen-bond donors (Lipinski definition) is 3. The molecule has 136 valence electrons. The summed E-state index contributed by atoms with van der Waals surface area (Å²) in [5.41, 5.74) is 6.62. The van der Waals surface area contributed by atoms with Crippen LogP contribution in [-0.4, -0.2) is 24.7 Å². The average molecular weight is 419 g/mol. The fourth-order valence-electron chi connectivity index (χ4n) is 2.16. The lowest BCUT2D eigenvalue weighted by atomic mass is 10.1. The summed E-state index contributed by atoms with van der Waals surface area (Å²) in [6.07, 6.45) is 3.92. The predicted octanol–water partition coefficient (Wildman–Crippen LogP) is 2.32. The standard InChI is InChI=1S/C19H19BrN2O4/c1-3-10-26-16-9-4-13(11-17(16)25-2)12-21-22-19(24)18(23)14-5-7-15(20)8-6-14/h1,4-9,11,18,21,23H,10,12H2,2H3,(H,22,24). The van der Waals surface area contributed by atoms with Gasteiger partial charge in [0.25, 0.3) is 5.91 Å². The number of methoxy groups -OCH3 is 1. The van der Waals surface area contributed by atoms with E-state index in [1.54, 1.807) is 36.4 Å². The molecule has 0 aliphatic heterocycles. The molecule has 0 saturated heterocycles. The number of hydrazine groups is 1. The summed E-state index contributed by atoms with van der Waals surface area (Å²) < 4.78 is 11.5. The average Bonchev–Trinajstić information content (AvgIpc) is 2.66. The maximum Gasteiger partial charge on any atom is 0.267 e. The molecule has 0 radical (unpaired) electrons. The van der Waals surface area contributed by atoms with Gasteiger partial charge in [0.1, 0.15) is 6.61 Å². The van der Waals surface area contributed by atoms with Crippen LogP contribution in [0.3, 0.4) is 0 Å². The third-order valence-corrected chi connectivity index (χ3v) is 4.01. The Hall–Kier alpha value is -2.53. The Labute approximate surface area is 160 Å². The molecule has 2 aromatic carbocycles. The van der Waals surface area contributed by atoms with Gasteiger partial charge < -0.3 is 14.6 Å². The minimum absolute atomic E-state index is 0.151. The van der Waals surface area contributed by atoms with Crippen LogP contribution in [0.2, 0.25) is 0 Å². The molecular formula is C19H19BrN2O4. The first-order chi connectivity index (χ1) is 12.5.